The Hall–Kier alpha value is -1.23. The van der Waals surface area contributed by atoms with Crippen LogP contribution in [0.4, 0.5) is 0 Å². The Bertz CT molecular complexity index is 616. The van der Waals surface area contributed by atoms with Crippen LogP contribution in [-0.2, 0) is 0 Å². The molecule has 2 atom stereocenters. The smallest absolute Gasteiger partial charge is 0.123 e. The average molecular weight is 326 g/mol. The first-order valence-electron chi connectivity index (χ1n) is 6.94. The van der Waals surface area contributed by atoms with Gasteiger partial charge in [0.15, 0.2) is 0 Å². The van der Waals surface area contributed by atoms with E-state index in [-0.39, 0.29) is 6.04 Å². The van der Waals surface area contributed by atoms with E-state index >= 15 is 0 Å². The SMILES string of the molecule is COc1ccc(Cl)c(Cl)c1C1CCNC(c2cn[nH]c2)C1. The molecule has 21 heavy (non-hydrogen) atoms. The van der Waals surface area contributed by atoms with E-state index in [1.54, 1.807) is 13.2 Å². The summed E-state index contributed by atoms with van der Waals surface area (Å²) in [5.74, 6) is 1.12. The summed E-state index contributed by atoms with van der Waals surface area (Å²) in [4.78, 5) is 0. The van der Waals surface area contributed by atoms with Gasteiger partial charge in [-0.05, 0) is 37.4 Å². The Morgan fingerprint density at radius 2 is 2.19 bits per heavy atom. The highest BCUT2D eigenvalue weighted by atomic mass is 35.5. The molecule has 1 fully saturated rings. The van der Waals surface area contributed by atoms with Gasteiger partial charge in [-0.1, -0.05) is 23.2 Å². The fourth-order valence-electron chi connectivity index (χ4n) is 2.99. The molecule has 0 amide bonds. The summed E-state index contributed by atoms with van der Waals surface area (Å²) < 4.78 is 5.48. The molecule has 112 valence electrons. The van der Waals surface area contributed by atoms with Gasteiger partial charge in [0.2, 0.25) is 0 Å². The molecule has 1 aliphatic rings. The van der Waals surface area contributed by atoms with Crippen LogP contribution in [0.15, 0.2) is 24.5 Å². The Labute approximate surface area is 133 Å². The summed E-state index contributed by atoms with van der Waals surface area (Å²) in [6.07, 6.45) is 5.73. The number of piperidine rings is 1. The van der Waals surface area contributed by atoms with E-state index in [0.29, 0.717) is 16.0 Å². The lowest BCUT2D eigenvalue weighted by molar-refractivity contribution is 0.353. The molecule has 0 bridgehead atoms. The van der Waals surface area contributed by atoms with Crippen molar-refractivity contribution in [3.05, 3.63) is 45.7 Å². The summed E-state index contributed by atoms with van der Waals surface area (Å²) in [7, 11) is 1.66. The molecule has 2 N–H and O–H groups in total. The highest BCUT2D eigenvalue weighted by Crippen LogP contribution is 2.44. The molecule has 0 spiro atoms. The van der Waals surface area contributed by atoms with Gasteiger partial charge in [0.25, 0.3) is 0 Å². The second-order valence-corrected chi connectivity index (χ2v) is 6.02. The zero-order valence-corrected chi connectivity index (χ0v) is 13.2. The van der Waals surface area contributed by atoms with Crippen molar-refractivity contribution in [3.8, 4) is 5.75 Å². The van der Waals surface area contributed by atoms with Crippen LogP contribution in [0.25, 0.3) is 0 Å². The third-order valence-electron chi connectivity index (χ3n) is 4.05. The van der Waals surface area contributed by atoms with E-state index in [2.05, 4.69) is 15.5 Å². The first-order chi connectivity index (χ1) is 10.2. The minimum absolute atomic E-state index is 0.266. The maximum absolute atomic E-state index is 6.43. The number of nitrogens with zero attached hydrogens (tertiary/aromatic N) is 1. The average Bonchev–Trinajstić information content (AvgIpc) is 3.04. The van der Waals surface area contributed by atoms with Crippen molar-refractivity contribution in [1.82, 2.24) is 15.5 Å². The second kappa shape index (κ2) is 6.26. The molecule has 2 unspecified atom stereocenters. The number of H-pyrrole nitrogens is 1. The number of nitrogens with one attached hydrogen (secondary N) is 2. The van der Waals surface area contributed by atoms with Gasteiger partial charge in [0.1, 0.15) is 5.75 Å². The van der Waals surface area contributed by atoms with Gasteiger partial charge in [0.05, 0.1) is 23.4 Å². The number of aromatic nitrogens is 2. The number of rotatable bonds is 3. The number of benzene rings is 1. The third kappa shape index (κ3) is 2.89. The summed E-state index contributed by atoms with van der Waals surface area (Å²) in [5, 5.41) is 11.6. The minimum atomic E-state index is 0.266. The third-order valence-corrected chi connectivity index (χ3v) is 4.87. The van der Waals surface area contributed by atoms with Crippen LogP contribution in [0.5, 0.6) is 5.75 Å². The van der Waals surface area contributed by atoms with Gasteiger partial charge >= 0.3 is 0 Å². The minimum Gasteiger partial charge on any atom is -0.496 e. The Morgan fingerprint density at radius 1 is 1.33 bits per heavy atom. The highest BCUT2D eigenvalue weighted by molar-refractivity contribution is 6.42. The lowest BCUT2D eigenvalue weighted by atomic mass is 9.84. The Morgan fingerprint density at radius 3 is 2.90 bits per heavy atom. The van der Waals surface area contributed by atoms with Crippen molar-refractivity contribution in [2.75, 3.05) is 13.7 Å². The van der Waals surface area contributed by atoms with E-state index in [9.17, 15) is 0 Å². The lowest BCUT2D eigenvalue weighted by Crippen LogP contribution is -2.31. The molecule has 1 aromatic carbocycles. The quantitative estimate of drug-likeness (QED) is 0.898. The summed E-state index contributed by atoms with van der Waals surface area (Å²) in [6.45, 7) is 0.923. The van der Waals surface area contributed by atoms with Gasteiger partial charge in [0, 0.05) is 23.4 Å². The number of methoxy groups -OCH3 is 1. The molecule has 0 aliphatic carbocycles. The number of halogens is 2. The molecular formula is C15H17Cl2N3O. The van der Waals surface area contributed by atoms with E-state index in [0.717, 1.165) is 36.3 Å². The van der Waals surface area contributed by atoms with Crippen molar-refractivity contribution in [3.63, 3.8) is 0 Å². The maximum atomic E-state index is 6.43. The van der Waals surface area contributed by atoms with Crippen LogP contribution < -0.4 is 10.1 Å². The first kappa shape index (κ1) is 14.7. The van der Waals surface area contributed by atoms with Crippen LogP contribution in [0.1, 0.15) is 35.9 Å². The van der Waals surface area contributed by atoms with E-state index in [4.69, 9.17) is 27.9 Å². The van der Waals surface area contributed by atoms with E-state index in [1.165, 1.54) is 0 Å². The molecule has 0 radical (unpaired) electrons. The molecule has 0 saturated carbocycles. The van der Waals surface area contributed by atoms with Crippen molar-refractivity contribution < 1.29 is 4.74 Å². The van der Waals surface area contributed by atoms with Crippen LogP contribution in [0, 0.1) is 0 Å². The predicted octanol–water partition coefficient (Wildman–Crippen LogP) is 3.93. The maximum Gasteiger partial charge on any atom is 0.123 e. The molecule has 6 heteroatoms. The molecule has 1 saturated heterocycles. The van der Waals surface area contributed by atoms with Crippen LogP contribution in [0.2, 0.25) is 10.0 Å². The second-order valence-electron chi connectivity index (χ2n) is 5.24. The summed E-state index contributed by atoms with van der Waals surface area (Å²) in [6, 6.07) is 3.93. The van der Waals surface area contributed by atoms with Crippen LogP contribution >= 0.6 is 23.2 Å². The molecule has 1 aromatic heterocycles. The number of ether oxygens (including phenoxy) is 1. The topological polar surface area (TPSA) is 49.9 Å². The van der Waals surface area contributed by atoms with Gasteiger partial charge in [-0.3, -0.25) is 5.10 Å². The van der Waals surface area contributed by atoms with Crippen LogP contribution in [-0.4, -0.2) is 23.9 Å². The number of aromatic amines is 1. The van der Waals surface area contributed by atoms with Crippen molar-refractivity contribution >= 4 is 23.2 Å². The largest absolute Gasteiger partial charge is 0.496 e. The Balaban J connectivity index is 1.91. The molecule has 2 aromatic rings. The molecular weight excluding hydrogens is 309 g/mol. The molecule has 4 nitrogen and oxygen atoms in total. The van der Waals surface area contributed by atoms with E-state index < -0.39 is 0 Å². The summed E-state index contributed by atoms with van der Waals surface area (Å²) >= 11 is 12.6. The van der Waals surface area contributed by atoms with Gasteiger partial charge < -0.3 is 10.1 Å². The number of hydrogen-bond acceptors (Lipinski definition) is 3. The fourth-order valence-corrected chi connectivity index (χ4v) is 3.47. The van der Waals surface area contributed by atoms with Crippen LogP contribution in [0.3, 0.4) is 0 Å². The van der Waals surface area contributed by atoms with E-state index in [1.807, 2.05) is 18.5 Å². The van der Waals surface area contributed by atoms with Crippen molar-refractivity contribution in [2.24, 2.45) is 0 Å². The summed E-state index contributed by atoms with van der Waals surface area (Å²) in [5.41, 5.74) is 2.18. The van der Waals surface area contributed by atoms with Gasteiger partial charge in [-0.25, -0.2) is 0 Å². The first-order valence-corrected chi connectivity index (χ1v) is 7.70. The standard InChI is InChI=1S/C15H17Cl2N3O/c1-21-13-3-2-11(16)15(17)14(13)9-4-5-18-12(6-9)10-7-19-20-8-10/h2-3,7-9,12,18H,4-6H2,1H3,(H,19,20). The number of hydrogen-bond donors (Lipinski definition) is 2. The molecule has 2 heterocycles. The fraction of sp³-hybridized carbons (Fsp3) is 0.400. The lowest BCUT2D eigenvalue weighted by Gasteiger charge is -2.31. The zero-order valence-electron chi connectivity index (χ0n) is 11.7. The zero-order chi connectivity index (χ0) is 14.8. The Kier molecular flexibility index (Phi) is 4.38. The van der Waals surface area contributed by atoms with Crippen molar-refractivity contribution in [2.45, 2.75) is 24.8 Å². The van der Waals surface area contributed by atoms with Gasteiger partial charge in [-0.15, -0.1) is 0 Å². The normalized spacial score (nSPS) is 22.2. The van der Waals surface area contributed by atoms with Gasteiger partial charge in [-0.2, -0.15) is 5.10 Å². The highest BCUT2D eigenvalue weighted by Gasteiger charge is 2.28. The molecule has 3 rings (SSSR count). The predicted molar refractivity (Wildman–Crippen MR) is 84.3 cm³/mol. The molecule has 1 aliphatic heterocycles. The monoisotopic (exact) mass is 325 g/mol. The van der Waals surface area contributed by atoms with Crippen molar-refractivity contribution in [1.29, 1.82) is 0 Å².